The van der Waals surface area contributed by atoms with Crippen LogP contribution in [-0.4, -0.2) is 54.2 Å². The van der Waals surface area contributed by atoms with Crippen molar-refractivity contribution in [3.05, 3.63) is 76.3 Å². The minimum absolute atomic E-state index is 0.0870. The molecule has 0 aliphatic rings. The van der Waals surface area contributed by atoms with E-state index in [1.807, 2.05) is 12.1 Å². The van der Waals surface area contributed by atoms with Gasteiger partial charge in [0, 0.05) is 30.7 Å². The number of Topliss-reactive ketones (excluding diaryl/α,β-unsaturated/α-hetero) is 1. The fraction of sp³-hybridized carbons (Fsp3) is 0.357. The second-order valence-electron chi connectivity index (χ2n) is 9.34. The predicted octanol–water partition coefficient (Wildman–Crippen LogP) is 5.02. The quantitative estimate of drug-likeness (QED) is 0.245. The Morgan fingerprint density at radius 1 is 1.16 bits per heavy atom. The van der Waals surface area contributed by atoms with E-state index in [-0.39, 0.29) is 42.6 Å². The molecule has 0 saturated heterocycles. The van der Waals surface area contributed by atoms with Crippen molar-refractivity contribution in [2.24, 2.45) is 5.41 Å². The van der Waals surface area contributed by atoms with Gasteiger partial charge in [-0.3, -0.25) is 19.5 Å². The number of rotatable bonds is 12. The number of carbonyl (C=O) groups excluding carboxylic acids is 3. The van der Waals surface area contributed by atoms with Gasteiger partial charge in [0.2, 0.25) is 0 Å². The number of ketones is 1. The standard InChI is InChI=1S/C28H31ClFN3O5/c1-5-38-27(36)28(3,16-37-4)15-21(31-26(35)25-14-24(17(2)34)32-33-25)12-18-6-8-19(9-7-18)22-13-20(29)10-11-23(22)30/h6-11,13-14,21H,5,12,15-16H2,1-4H3,(H,31,35)(H,32,33)/t21-,28?/m1/s1. The number of halogens is 2. The molecule has 38 heavy (non-hydrogen) atoms. The zero-order valence-electron chi connectivity index (χ0n) is 21.8. The number of nitrogens with zero attached hydrogens (tertiary/aromatic N) is 1. The summed E-state index contributed by atoms with van der Waals surface area (Å²) in [6.07, 6.45) is 0.570. The molecule has 0 spiro atoms. The third-order valence-corrected chi connectivity index (χ3v) is 6.36. The summed E-state index contributed by atoms with van der Waals surface area (Å²) in [6.45, 7) is 5.10. The lowest BCUT2D eigenvalue weighted by Crippen LogP contribution is -2.45. The normalized spacial score (nSPS) is 13.4. The van der Waals surface area contributed by atoms with Crippen molar-refractivity contribution in [1.82, 2.24) is 15.5 Å². The molecule has 2 aromatic carbocycles. The van der Waals surface area contributed by atoms with Crippen LogP contribution < -0.4 is 5.32 Å². The van der Waals surface area contributed by atoms with Crippen LogP contribution in [0.3, 0.4) is 0 Å². The molecule has 0 radical (unpaired) electrons. The number of hydrogen-bond acceptors (Lipinski definition) is 6. The lowest BCUT2D eigenvalue weighted by molar-refractivity contribution is -0.158. The summed E-state index contributed by atoms with van der Waals surface area (Å²) in [6, 6.07) is 12.4. The summed E-state index contributed by atoms with van der Waals surface area (Å²) in [7, 11) is 1.49. The molecule has 0 aliphatic carbocycles. The lowest BCUT2D eigenvalue weighted by atomic mass is 9.82. The number of ether oxygens (including phenoxy) is 2. The maximum atomic E-state index is 14.3. The maximum Gasteiger partial charge on any atom is 0.314 e. The number of hydrogen-bond donors (Lipinski definition) is 2. The highest BCUT2D eigenvalue weighted by Gasteiger charge is 2.38. The lowest BCUT2D eigenvalue weighted by Gasteiger charge is -2.31. The Morgan fingerprint density at radius 2 is 1.87 bits per heavy atom. The van der Waals surface area contributed by atoms with E-state index in [2.05, 4.69) is 15.5 Å². The highest BCUT2D eigenvalue weighted by Crippen LogP contribution is 2.29. The number of aromatic amines is 1. The van der Waals surface area contributed by atoms with Gasteiger partial charge in [0.05, 0.1) is 18.6 Å². The van der Waals surface area contributed by atoms with Gasteiger partial charge in [0.15, 0.2) is 5.78 Å². The van der Waals surface area contributed by atoms with Crippen LogP contribution in [0.15, 0.2) is 48.5 Å². The van der Waals surface area contributed by atoms with Crippen LogP contribution in [-0.2, 0) is 20.7 Å². The number of aromatic nitrogens is 2. The number of benzene rings is 2. The van der Waals surface area contributed by atoms with Crippen molar-refractivity contribution in [2.45, 2.75) is 39.7 Å². The fourth-order valence-electron chi connectivity index (χ4n) is 4.25. The molecule has 2 atom stereocenters. The monoisotopic (exact) mass is 543 g/mol. The Kier molecular flexibility index (Phi) is 9.77. The van der Waals surface area contributed by atoms with Crippen LogP contribution in [0.5, 0.6) is 0 Å². The van der Waals surface area contributed by atoms with Crippen LogP contribution in [0, 0.1) is 11.2 Å². The molecule has 202 valence electrons. The van der Waals surface area contributed by atoms with Gasteiger partial charge in [-0.2, -0.15) is 5.10 Å². The average Bonchev–Trinajstić information content (AvgIpc) is 3.37. The van der Waals surface area contributed by atoms with Gasteiger partial charge in [-0.25, -0.2) is 4.39 Å². The summed E-state index contributed by atoms with van der Waals surface area (Å²) in [4.78, 5) is 37.5. The van der Waals surface area contributed by atoms with E-state index in [1.165, 1.54) is 32.2 Å². The van der Waals surface area contributed by atoms with E-state index in [0.29, 0.717) is 22.6 Å². The first-order valence-electron chi connectivity index (χ1n) is 12.1. The van der Waals surface area contributed by atoms with Crippen molar-refractivity contribution in [1.29, 1.82) is 0 Å². The molecule has 1 amide bonds. The largest absolute Gasteiger partial charge is 0.466 e. The number of nitrogens with one attached hydrogen (secondary N) is 2. The summed E-state index contributed by atoms with van der Waals surface area (Å²) < 4.78 is 24.9. The van der Waals surface area contributed by atoms with Gasteiger partial charge in [-0.15, -0.1) is 0 Å². The second kappa shape index (κ2) is 12.8. The Bertz CT molecular complexity index is 1290. The highest BCUT2D eigenvalue weighted by molar-refractivity contribution is 6.30. The Morgan fingerprint density at radius 3 is 2.47 bits per heavy atom. The number of H-pyrrole nitrogens is 1. The van der Waals surface area contributed by atoms with Gasteiger partial charge < -0.3 is 14.8 Å². The Hall–Kier alpha value is -3.56. The van der Waals surface area contributed by atoms with Gasteiger partial charge in [-0.05, 0) is 62.1 Å². The van der Waals surface area contributed by atoms with Gasteiger partial charge in [0.25, 0.3) is 5.91 Å². The van der Waals surface area contributed by atoms with Gasteiger partial charge in [0.1, 0.15) is 17.2 Å². The third kappa shape index (κ3) is 7.26. The molecule has 1 heterocycles. The summed E-state index contributed by atoms with van der Waals surface area (Å²) in [5.41, 5.74) is 1.11. The molecule has 0 saturated carbocycles. The molecular formula is C28H31ClFN3O5. The molecule has 2 N–H and O–H groups in total. The first-order valence-corrected chi connectivity index (χ1v) is 12.5. The smallest absolute Gasteiger partial charge is 0.314 e. The van der Waals surface area contributed by atoms with Crippen molar-refractivity contribution in [3.63, 3.8) is 0 Å². The first-order chi connectivity index (χ1) is 18.1. The van der Waals surface area contributed by atoms with Crippen LogP contribution in [0.25, 0.3) is 11.1 Å². The molecule has 3 aromatic rings. The third-order valence-electron chi connectivity index (χ3n) is 6.12. The zero-order chi connectivity index (χ0) is 27.9. The number of amides is 1. The van der Waals surface area contributed by atoms with E-state index in [1.54, 1.807) is 32.0 Å². The highest BCUT2D eigenvalue weighted by atomic mass is 35.5. The van der Waals surface area contributed by atoms with Gasteiger partial charge in [-0.1, -0.05) is 35.9 Å². The molecule has 1 unspecified atom stereocenters. The Labute approximate surface area is 225 Å². The van der Waals surface area contributed by atoms with Gasteiger partial charge >= 0.3 is 5.97 Å². The van der Waals surface area contributed by atoms with E-state index < -0.39 is 23.3 Å². The van der Waals surface area contributed by atoms with E-state index in [4.69, 9.17) is 21.1 Å². The molecule has 0 bridgehead atoms. The first kappa shape index (κ1) is 29.0. The number of carbonyl (C=O) groups is 3. The molecule has 8 nitrogen and oxygen atoms in total. The minimum atomic E-state index is -1.04. The molecule has 0 aliphatic heterocycles. The zero-order valence-corrected chi connectivity index (χ0v) is 22.5. The Balaban J connectivity index is 1.87. The van der Waals surface area contributed by atoms with Crippen molar-refractivity contribution in [2.75, 3.05) is 20.3 Å². The predicted molar refractivity (Wildman–Crippen MR) is 142 cm³/mol. The van der Waals surface area contributed by atoms with Crippen LogP contribution in [0.1, 0.15) is 53.7 Å². The summed E-state index contributed by atoms with van der Waals surface area (Å²) >= 11 is 6.04. The van der Waals surface area contributed by atoms with Crippen LogP contribution >= 0.6 is 11.6 Å². The fourth-order valence-corrected chi connectivity index (χ4v) is 4.42. The minimum Gasteiger partial charge on any atom is -0.466 e. The molecule has 0 fully saturated rings. The van der Waals surface area contributed by atoms with Crippen LogP contribution in [0.4, 0.5) is 4.39 Å². The molecular weight excluding hydrogens is 513 g/mol. The topological polar surface area (TPSA) is 110 Å². The van der Waals surface area contributed by atoms with Crippen molar-refractivity contribution < 1.29 is 28.2 Å². The van der Waals surface area contributed by atoms with E-state index in [0.717, 1.165) is 5.56 Å². The van der Waals surface area contributed by atoms with E-state index >= 15 is 0 Å². The number of methoxy groups -OCH3 is 1. The van der Waals surface area contributed by atoms with E-state index in [9.17, 15) is 18.8 Å². The number of esters is 1. The molecule has 10 heteroatoms. The maximum absolute atomic E-state index is 14.3. The molecule has 3 rings (SSSR count). The average molecular weight is 544 g/mol. The summed E-state index contributed by atoms with van der Waals surface area (Å²) in [5, 5.41) is 9.82. The van der Waals surface area contributed by atoms with Crippen molar-refractivity contribution >= 4 is 29.3 Å². The molecule has 1 aromatic heterocycles. The SMILES string of the molecule is CCOC(=O)C(C)(COC)C[C@@H](Cc1ccc(-c2cc(Cl)ccc2F)cc1)NC(=O)c1cc(C(C)=O)n[nH]1. The second-order valence-corrected chi connectivity index (χ2v) is 9.77. The van der Waals surface area contributed by atoms with Crippen LogP contribution in [0.2, 0.25) is 5.02 Å². The van der Waals surface area contributed by atoms with Crippen molar-refractivity contribution in [3.8, 4) is 11.1 Å². The summed E-state index contributed by atoms with van der Waals surface area (Å²) in [5.74, 6) is -1.57.